The number of carbonyl (C=O) groups is 6. The van der Waals surface area contributed by atoms with Crippen molar-refractivity contribution < 1.29 is 73.3 Å². The van der Waals surface area contributed by atoms with E-state index in [4.69, 9.17) is 42.1 Å². The molecule has 6 fully saturated rings. The summed E-state index contributed by atoms with van der Waals surface area (Å²) >= 11 is 12.7. The number of amides is 6. The molecule has 102 heavy (non-hydrogen) atoms. The number of anilines is 2. The third-order valence-corrected chi connectivity index (χ3v) is 23.3. The largest absolute Gasteiger partial charge is 0.494 e. The molecule has 0 spiro atoms. The molecule has 12 rings (SSSR count). The molecule has 6 N–H and O–H groups in total. The Morgan fingerprint density at radius 1 is 0.578 bits per heavy atom. The monoisotopic (exact) mass is 1480 g/mol. The fraction of sp³-hybridized carbons (Fsp3) is 0.444. The van der Waals surface area contributed by atoms with Gasteiger partial charge in [-0.3, -0.25) is 38.2 Å². The second kappa shape index (κ2) is 28.8. The van der Waals surface area contributed by atoms with Gasteiger partial charge in [0.1, 0.15) is 70.6 Å². The van der Waals surface area contributed by atoms with Gasteiger partial charge in [-0.05, 0) is 122 Å². The second-order valence-electron chi connectivity index (χ2n) is 28.9. The van der Waals surface area contributed by atoms with Crippen LogP contribution in [0.4, 0.5) is 20.2 Å². The zero-order valence-corrected chi connectivity index (χ0v) is 60.6. The summed E-state index contributed by atoms with van der Waals surface area (Å²) in [5.74, 6) is -4.52. The number of carbonyl (C=O) groups excluding carboxylic acids is 6. The van der Waals surface area contributed by atoms with Crippen LogP contribution in [-0.2, 0) is 48.8 Å². The van der Waals surface area contributed by atoms with Crippen LogP contribution in [0.3, 0.4) is 0 Å². The first kappa shape index (κ1) is 74.3. The summed E-state index contributed by atoms with van der Waals surface area (Å²) < 4.78 is 107. The highest BCUT2D eigenvalue weighted by molar-refractivity contribution is 7.91. The van der Waals surface area contributed by atoms with Gasteiger partial charge in [-0.2, -0.15) is 0 Å². The van der Waals surface area contributed by atoms with Crippen molar-refractivity contribution in [1.82, 2.24) is 39.8 Å². The predicted octanol–water partition coefficient (Wildman–Crippen LogP) is 9.16. The van der Waals surface area contributed by atoms with Crippen LogP contribution in [0, 0.1) is 34.3 Å². The number of methoxy groups -OCH3 is 2. The molecule has 2 aromatic heterocycles. The van der Waals surface area contributed by atoms with E-state index >= 15 is 0 Å². The smallest absolute Gasteiger partial charge is 0.259 e. The Balaban J connectivity index is 0.000000205. The van der Waals surface area contributed by atoms with Crippen molar-refractivity contribution in [3.05, 3.63) is 144 Å². The van der Waals surface area contributed by atoms with Crippen LogP contribution in [0.5, 0.6) is 23.3 Å². The van der Waals surface area contributed by atoms with E-state index in [-0.39, 0.29) is 50.5 Å². The SMILES string of the molecule is C=C[C@@H]1C[C@]1(NC(=O)[C@@H]1C[C@@H](Oc2ncc(OC)c3ccc(Cl)cc23)CN1C(=O)[C@@H](Nc1cccc(F)c1)C(C)(C)C)C(=O)NS(=O)(=O)C1CC1.C=C[C@@H]1C[C@]1(NC(=O)[C@@H]1C[C@@H](Oc2ncc(OC)c3ccc(Cl)cc23)CN1C(=O)[C@H](Nc1cccc(F)c1)C(C)(C)C)C(=O)NS(=O)(=O)C1CC1. The Bertz CT molecular complexity index is 4290. The molecule has 24 nitrogen and oxygen atoms in total. The van der Waals surface area contributed by atoms with Crippen molar-refractivity contribution in [2.24, 2.45) is 22.7 Å². The standard InChI is InChI=1S/2C36H41ClFN5O7S/c2*1-6-20-17-36(20,34(46)42-51(47,48)25-11-12-25)41-31(44)28-16-24(50-32-27-14-21(37)10-13-26(27)29(49-5)18-39-32)19-43(28)33(45)30(35(2,3)4)40-23-9-7-8-22(38)15-23/h2*6-10,13-15,18,20,24-25,28,30,40H,1,11-12,16-17,19H2,2-5H3,(H,41,44)(H,42,46)/t20-,24-,28+,30+,36-;20-,24-,28+,30-,36-/m11/s1. The summed E-state index contributed by atoms with van der Waals surface area (Å²) in [6.45, 7) is 18.5. The fourth-order valence-corrected chi connectivity index (χ4v) is 16.1. The number of nitrogens with zero attached hydrogens (tertiary/aromatic N) is 4. The minimum Gasteiger partial charge on any atom is -0.494 e. The van der Waals surface area contributed by atoms with E-state index in [1.807, 2.05) is 41.5 Å². The van der Waals surface area contributed by atoms with Gasteiger partial charge in [0.25, 0.3) is 11.8 Å². The van der Waals surface area contributed by atoms with Gasteiger partial charge >= 0.3 is 0 Å². The van der Waals surface area contributed by atoms with Crippen LogP contribution in [0.2, 0.25) is 10.0 Å². The van der Waals surface area contributed by atoms with E-state index in [9.17, 15) is 54.4 Å². The number of fused-ring (bicyclic) bond motifs is 2. The first-order valence-electron chi connectivity index (χ1n) is 33.4. The van der Waals surface area contributed by atoms with Gasteiger partial charge in [-0.1, -0.05) is 89.0 Å². The number of ether oxygens (including phenoxy) is 4. The third-order valence-electron chi connectivity index (χ3n) is 19.2. The predicted molar refractivity (Wildman–Crippen MR) is 381 cm³/mol. The van der Waals surface area contributed by atoms with Gasteiger partial charge in [0.2, 0.25) is 55.4 Å². The molecule has 0 bridgehead atoms. The maximum absolute atomic E-state index is 14.5. The van der Waals surface area contributed by atoms with Gasteiger partial charge < -0.3 is 50.0 Å². The Morgan fingerprint density at radius 2 is 0.951 bits per heavy atom. The normalized spacial score (nSPS) is 23.6. The van der Waals surface area contributed by atoms with Gasteiger partial charge in [-0.25, -0.2) is 35.6 Å². The zero-order chi connectivity index (χ0) is 73.8. The van der Waals surface area contributed by atoms with Crippen LogP contribution in [-0.4, -0.2) is 157 Å². The molecule has 0 unspecified atom stereocenters. The topological polar surface area (TPSA) is 312 Å². The lowest BCUT2D eigenvalue weighted by Crippen LogP contribution is -2.58. The fourth-order valence-electron chi connectivity index (χ4n) is 13.1. The van der Waals surface area contributed by atoms with Crippen LogP contribution in [0.25, 0.3) is 21.5 Å². The number of nitrogens with one attached hydrogen (secondary N) is 6. The molecule has 4 heterocycles. The van der Waals surface area contributed by atoms with E-state index in [1.165, 1.54) is 85.0 Å². The van der Waals surface area contributed by atoms with Crippen LogP contribution in [0.15, 0.2) is 123 Å². The molecule has 2 saturated heterocycles. The highest BCUT2D eigenvalue weighted by atomic mass is 35.5. The number of hydrogen-bond donors (Lipinski definition) is 6. The molecule has 30 heteroatoms. The molecule has 4 aromatic carbocycles. The number of benzene rings is 4. The van der Waals surface area contributed by atoms with E-state index < -0.39 is 148 Å². The number of likely N-dealkylation sites (tertiary alicyclic amines) is 2. The van der Waals surface area contributed by atoms with Crippen molar-refractivity contribution >= 4 is 112 Å². The number of aromatic nitrogens is 2. The first-order chi connectivity index (χ1) is 48.1. The number of hydrogen-bond acceptors (Lipinski definition) is 18. The van der Waals surface area contributed by atoms with E-state index in [0.29, 0.717) is 80.1 Å². The van der Waals surface area contributed by atoms with E-state index in [1.54, 1.807) is 48.5 Å². The van der Waals surface area contributed by atoms with Crippen LogP contribution < -0.4 is 49.7 Å². The summed E-state index contributed by atoms with van der Waals surface area (Å²) in [4.78, 5) is 96.2. The summed E-state index contributed by atoms with van der Waals surface area (Å²) in [5, 5.41) is 14.0. The second-order valence-corrected chi connectivity index (χ2v) is 33.7. The van der Waals surface area contributed by atoms with Gasteiger partial charge in [-0.15, -0.1) is 13.2 Å². The lowest BCUT2D eigenvalue weighted by atomic mass is 9.85. The Hall–Kier alpha value is -8.86. The highest BCUT2D eigenvalue weighted by Crippen LogP contribution is 2.48. The molecule has 544 valence electrons. The summed E-state index contributed by atoms with van der Waals surface area (Å²) in [5.41, 5.74) is -3.78. The van der Waals surface area contributed by atoms with Crippen molar-refractivity contribution in [3.8, 4) is 23.3 Å². The zero-order valence-electron chi connectivity index (χ0n) is 57.5. The molecular formula is C72H82Cl2F2N10O14S2. The highest BCUT2D eigenvalue weighted by Gasteiger charge is 2.64. The Morgan fingerprint density at radius 3 is 1.26 bits per heavy atom. The van der Waals surface area contributed by atoms with Crippen molar-refractivity contribution in [2.45, 2.75) is 151 Å². The molecule has 0 radical (unpaired) electrons. The quantitative estimate of drug-likeness (QED) is 0.0308. The lowest BCUT2D eigenvalue weighted by Gasteiger charge is -2.36. The van der Waals surface area contributed by atoms with E-state index in [0.717, 1.165) is 0 Å². The van der Waals surface area contributed by atoms with Gasteiger partial charge in [0.15, 0.2) is 0 Å². The minimum absolute atomic E-state index is 0.0149. The maximum atomic E-state index is 14.5. The van der Waals surface area contributed by atoms with Crippen LogP contribution in [0.1, 0.15) is 92.9 Å². The van der Waals surface area contributed by atoms with Gasteiger partial charge in [0.05, 0.1) is 50.2 Å². The molecule has 6 amide bonds. The van der Waals surface area contributed by atoms with Gasteiger partial charge in [0, 0.05) is 67.6 Å². The number of pyridine rings is 2. The summed E-state index contributed by atoms with van der Waals surface area (Å²) in [6.07, 6.45) is 6.66. The molecule has 6 aromatic rings. The Labute approximate surface area is 600 Å². The summed E-state index contributed by atoms with van der Waals surface area (Å²) in [7, 11) is -4.76. The number of sulfonamides is 2. The molecule has 6 aliphatic rings. The lowest BCUT2D eigenvalue weighted by molar-refractivity contribution is -0.141. The maximum Gasteiger partial charge on any atom is 0.259 e. The molecule has 4 aliphatic carbocycles. The first-order valence-corrected chi connectivity index (χ1v) is 37.2. The number of rotatable bonds is 24. The average molecular weight is 1480 g/mol. The average Bonchev–Trinajstić information content (AvgIpc) is 1.58. The van der Waals surface area contributed by atoms with Crippen LogP contribution >= 0.6 is 23.2 Å². The Kier molecular flexibility index (Phi) is 21.0. The molecule has 4 saturated carbocycles. The third kappa shape index (κ3) is 16.0. The van der Waals surface area contributed by atoms with Crippen molar-refractivity contribution in [1.29, 1.82) is 0 Å². The minimum atomic E-state index is -3.90. The van der Waals surface area contributed by atoms with Crippen molar-refractivity contribution in [2.75, 3.05) is 37.9 Å². The van der Waals surface area contributed by atoms with E-state index in [2.05, 4.69) is 53.8 Å². The van der Waals surface area contributed by atoms with Crippen molar-refractivity contribution in [3.63, 3.8) is 0 Å². The molecule has 10 atom stereocenters. The summed E-state index contributed by atoms with van der Waals surface area (Å²) in [6, 6.07) is 17.7. The molecular weight excluding hydrogens is 1400 g/mol. The molecule has 2 aliphatic heterocycles. The number of halogens is 4.